The van der Waals surface area contributed by atoms with Gasteiger partial charge in [-0.2, -0.15) is 0 Å². The van der Waals surface area contributed by atoms with Crippen LogP contribution < -0.4 is 16.2 Å². The summed E-state index contributed by atoms with van der Waals surface area (Å²) in [5.41, 5.74) is 5.42. The van der Waals surface area contributed by atoms with Crippen molar-refractivity contribution in [1.29, 1.82) is 0 Å². The van der Waals surface area contributed by atoms with E-state index in [0.29, 0.717) is 5.57 Å². The number of furan rings is 1. The molecule has 0 fully saturated rings. The third-order valence-electron chi connectivity index (χ3n) is 5.03. The van der Waals surface area contributed by atoms with E-state index in [4.69, 9.17) is 4.42 Å². The number of rotatable bonds is 4. The number of amides is 1. The number of aromatic amines is 1. The third-order valence-corrected chi connectivity index (χ3v) is 5.03. The Hall–Kier alpha value is -4.26. The summed E-state index contributed by atoms with van der Waals surface area (Å²) < 4.78 is 7.15. The third kappa shape index (κ3) is 3.12. The molecular weight excluding hydrogens is 380 g/mol. The summed E-state index contributed by atoms with van der Waals surface area (Å²) in [7, 11) is 0. The molecule has 4 aromatic rings. The van der Waals surface area contributed by atoms with Gasteiger partial charge in [0.25, 0.3) is 11.5 Å². The van der Waals surface area contributed by atoms with Crippen molar-refractivity contribution in [2.45, 2.75) is 6.92 Å². The normalized spacial score (nSPS) is 14.0. The number of nitrogens with zero attached hydrogens (tertiary/aromatic N) is 1. The molecule has 148 valence electrons. The predicted molar refractivity (Wildman–Crippen MR) is 116 cm³/mol. The summed E-state index contributed by atoms with van der Waals surface area (Å²) in [5, 5.41) is 8.83. The van der Waals surface area contributed by atoms with Gasteiger partial charge in [0, 0.05) is 40.5 Å². The van der Waals surface area contributed by atoms with E-state index in [1.54, 1.807) is 23.2 Å². The van der Waals surface area contributed by atoms with Crippen LogP contribution in [0.2, 0.25) is 0 Å². The van der Waals surface area contributed by atoms with Crippen LogP contribution in [0.15, 0.2) is 82.3 Å². The molecule has 0 saturated heterocycles. The van der Waals surface area contributed by atoms with Crippen LogP contribution in [-0.4, -0.2) is 15.7 Å². The van der Waals surface area contributed by atoms with E-state index in [9.17, 15) is 9.59 Å². The summed E-state index contributed by atoms with van der Waals surface area (Å²) in [6, 6.07) is 18.6. The van der Waals surface area contributed by atoms with Gasteiger partial charge in [0.05, 0.1) is 17.5 Å². The molecule has 3 N–H and O–H groups in total. The standard InChI is InChI=1S/C23H18N4O3/c1-14-11-22(28)26-27(14)17-7-5-16(6-8-17)24-13-19-18-9-4-15(21-3-2-10-30-21)12-20(18)25-23(19)29/h2-13,24H,1H3,(H,25,29)(H,26,28)/b19-13+. The zero-order valence-electron chi connectivity index (χ0n) is 16.1. The maximum absolute atomic E-state index is 12.4. The van der Waals surface area contributed by atoms with Crippen LogP contribution in [-0.2, 0) is 4.79 Å². The molecule has 0 spiro atoms. The number of aromatic nitrogens is 2. The number of aryl methyl sites for hydroxylation is 1. The van der Waals surface area contributed by atoms with Gasteiger partial charge in [-0.3, -0.25) is 19.4 Å². The topological polar surface area (TPSA) is 92.1 Å². The van der Waals surface area contributed by atoms with Crippen molar-refractivity contribution in [2.75, 3.05) is 10.6 Å². The predicted octanol–water partition coefficient (Wildman–Crippen LogP) is 4.14. The number of nitrogens with one attached hydrogen (secondary N) is 3. The zero-order chi connectivity index (χ0) is 20.7. The van der Waals surface area contributed by atoms with Crippen LogP contribution in [0.4, 0.5) is 11.4 Å². The smallest absolute Gasteiger partial charge is 0.264 e. The van der Waals surface area contributed by atoms with Gasteiger partial charge in [-0.15, -0.1) is 0 Å². The zero-order valence-corrected chi connectivity index (χ0v) is 16.1. The summed E-state index contributed by atoms with van der Waals surface area (Å²) in [5.74, 6) is 0.591. The van der Waals surface area contributed by atoms with Crippen LogP contribution >= 0.6 is 0 Å². The number of H-pyrrole nitrogens is 1. The molecule has 0 bridgehead atoms. The second-order valence-electron chi connectivity index (χ2n) is 7.04. The summed E-state index contributed by atoms with van der Waals surface area (Å²) in [6.07, 6.45) is 3.32. The Morgan fingerprint density at radius 3 is 2.57 bits per heavy atom. The summed E-state index contributed by atoms with van der Waals surface area (Å²) in [4.78, 5) is 23.9. The lowest BCUT2D eigenvalue weighted by Gasteiger charge is -2.07. The number of hydrogen-bond acceptors (Lipinski definition) is 4. The molecule has 30 heavy (non-hydrogen) atoms. The molecule has 1 aliphatic rings. The highest BCUT2D eigenvalue weighted by Gasteiger charge is 2.24. The number of benzene rings is 2. The van der Waals surface area contributed by atoms with Crippen molar-refractivity contribution in [2.24, 2.45) is 0 Å². The largest absolute Gasteiger partial charge is 0.464 e. The van der Waals surface area contributed by atoms with Crippen LogP contribution in [0.3, 0.4) is 0 Å². The molecule has 7 nitrogen and oxygen atoms in total. The highest BCUT2D eigenvalue weighted by Crippen LogP contribution is 2.35. The minimum Gasteiger partial charge on any atom is -0.464 e. The van der Waals surface area contributed by atoms with Gasteiger partial charge in [-0.05, 0) is 49.4 Å². The number of carbonyl (C=O) groups is 1. The van der Waals surface area contributed by atoms with Crippen molar-refractivity contribution in [3.05, 3.63) is 94.7 Å². The molecule has 3 heterocycles. The number of fused-ring (bicyclic) bond motifs is 1. The first-order chi connectivity index (χ1) is 14.6. The van der Waals surface area contributed by atoms with Crippen LogP contribution in [0.25, 0.3) is 22.6 Å². The highest BCUT2D eigenvalue weighted by molar-refractivity contribution is 6.31. The number of anilines is 2. The van der Waals surface area contributed by atoms with Gasteiger partial charge in [-0.1, -0.05) is 12.1 Å². The molecule has 7 heteroatoms. The average molecular weight is 398 g/mol. The molecule has 2 aromatic carbocycles. The maximum Gasteiger partial charge on any atom is 0.264 e. The molecule has 1 aliphatic heterocycles. The minimum atomic E-state index is -0.161. The van der Waals surface area contributed by atoms with E-state index in [-0.39, 0.29) is 11.5 Å². The fourth-order valence-electron chi connectivity index (χ4n) is 3.55. The first-order valence-electron chi connectivity index (χ1n) is 9.44. The van der Waals surface area contributed by atoms with E-state index in [2.05, 4.69) is 15.7 Å². The van der Waals surface area contributed by atoms with Crippen molar-refractivity contribution in [3.8, 4) is 17.0 Å². The Balaban J connectivity index is 1.38. The Kier molecular flexibility index (Phi) is 4.14. The Morgan fingerprint density at radius 1 is 1.03 bits per heavy atom. The highest BCUT2D eigenvalue weighted by atomic mass is 16.3. The van der Waals surface area contributed by atoms with Gasteiger partial charge in [-0.25, -0.2) is 0 Å². The second-order valence-corrected chi connectivity index (χ2v) is 7.04. The van der Waals surface area contributed by atoms with Crippen molar-refractivity contribution in [3.63, 3.8) is 0 Å². The Morgan fingerprint density at radius 2 is 1.87 bits per heavy atom. The van der Waals surface area contributed by atoms with Crippen molar-refractivity contribution >= 4 is 22.9 Å². The van der Waals surface area contributed by atoms with Crippen molar-refractivity contribution in [1.82, 2.24) is 9.78 Å². The second kappa shape index (κ2) is 6.97. The van der Waals surface area contributed by atoms with Gasteiger partial charge in [0.15, 0.2) is 0 Å². The molecule has 1 amide bonds. The van der Waals surface area contributed by atoms with E-state index in [0.717, 1.165) is 39.6 Å². The number of carbonyl (C=O) groups excluding carboxylic acids is 1. The lowest BCUT2D eigenvalue weighted by Crippen LogP contribution is -2.05. The molecular formula is C23H18N4O3. The lowest BCUT2D eigenvalue weighted by molar-refractivity contribution is -0.110. The van der Waals surface area contributed by atoms with E-state index in [1.165, 1.54) is 0 Å². The first kappa shape index (κ1) is 17.8. The van der Waals surface area contributed by atoms with Crippen LogP contribution in [0.5, 0.6) is 0 Å². The number of hydrogen-bond donors (Lipinski definition) is 3. The lowest BCUT2D eigenvalue weighted by atomic mass is 10.0. The maximum atomic E-state index is 12.4. The van der Waals surface area contributed by atoms with E-state index in [1.807, 2.05) is 61.5 Å². The van der Waals surface area contributed by atoms with Crippen molar-refractivity contribution < 1.29 is 9.21 Å². The van der Waals surface area contributed by atoms with Crippen LogP contribution in [0.1, 0.15) is 11.3 Å². The molecule has 0 aliphatic carbocycles. The van der Waals surface area contributed by atoms with E-state index < -0.39 is 0 Å². The first-order valence-corrected chi connectivity index (χ1v) is 9.44. The van der Waals surface area contributed by atoms with Crippen LogP contribution in [0, 0.1) is 6.92 Å². The van der Waals surface area contributed by atoms with Gasteiger partial charge in [0.1, 0.15) is 5.76 Å². The molecule has 0 unspecified atom stereocenters. The fraction of sp³-hybridized carbons (Fsp3) is 0.0435. The Bertz CT molecular complexity index is 1330. The van der Waals surface area contributed by atoms with Gasteiger partial charge < -0.3 is 15.1 Å². The van der Waals surface area contributed by atoms with Gasteiger partial charge >= 0.3 is 0 Å². The SMILES string of the molecule is Cc1cc(=O)[nH]n1-c1ccc(N/C=C2/C(=O)Nc3cc(-c4ccco4)ccc32)cc1. The summed E-state index contributed by atoms with van der Waals surface area (Å²) >= 11 is 0. The molecule has 2 aromatic heterocycles. The monoisotopic (exact) mass is 398 g/mol. The quantitative estimate of drug-likeness (QED) is 0.451. The van der Waals surface area contributed by atoms with Gasteiger partial charge in [0.2, 0.25) is 0 Å². The minimum absolute atomic E-state index is 0.138. The molecule has 0 radical (unpaired) electrons. The molecule has 0 saturated carbocycles. The fourth-order valence-corrected chi connectivity index (χ4v) is 3.55. The molecule has 5 rings (SSSR count). The molecule has 0 atom stereocenters. The Labute approximate surface area is 171 Å². The summed E-state index contributed by atoms with van der Waals surface area (Å²) in [6.45, 7) is 1.86. The van der Waals surface area contributed by atoms with E-state index >= 15 is 0 Å². The average Bonchev–Trinajstić information content (AvgIpc) is 3.45.